The van der Waals surface area contributed by atoms with Gasteiger partial charge < -0.3 is 14.6 Å². The van der Waals surface area contributed by atoms with Crippen LogP contribution < -0.4 is 9.47 Å². The quantitative estimate of drug-likeness (QED) is 0.853. The third-order valence-corrected chi connectivity index (χ3v) is 3.28. The van der Waals surface area contributed by atoms with Gasteiger partial charge in [0, 0.05) is 0 Å². The number of hydrogen-bond donors (Lipinski definition) is 1. The Morgan fingerprint density at radius 1 is 1.12 bits per heavy atom. The summed E-state index contributed by atoms with van der Waals surface area (Å²) in [4.78, 5) is 0. The first-order chi connectivity index (χ1) is 7.74. The first-order valence-electron chi connectivity index (χ1n) is 5.64. The van der Waals surface area contributed by atoms with Gasteiger partial charge in [-0.1, -0.05) is 6.07 Å². The molecule has 2 rings (SSSR count). The molecular weight excluding hydrogens is 204 g/mol. The SMILES string of the molecule is COc1ccc(C2CCC(O)C2)cc1OC. The molecule has 0 radical (unpaired) electrons. The Morgan fingerprint density at radius 3 is 2.44 bits per heavy atom. The van der Waals surface area contributed by atoms with Gasteiger partial charge in [0.15, 0.2) is 11.5 Å². The molecule has 0 heterocycles. The van der Waals surface area contributed by atoms with Crippen molar-refractivity contribution >= 4 is 0 Å². The van der Waals surface area contributed by atoms with Gasteiger partial charge in [0.25, 0.3) is 0 Å². The second kappa shape index (κ2) is 4.74. The zero-order valence-electron chi connectivity index (χ0n) is 9.77. The molecular formula is C13H18O3. The molecule has 1 aliphatic rings. The van der Waals surface area contributed by atoms with E-state index in [1.54, 1.807) is 14.2 Å². The predicted octanol–water partition coefficient (Wildman–Crippen LogP) is 2.33. The minimum absolute atomic E-state index is 0.141. The molecule has 0 aliphatic heterocycles. The van der Waals surface area contributed by atoms with E-state index in [-0.39, 0.29) is 6.10 Å². The smallest absolute Gasteiger partial charge is 0.160 e. The molecule has 1 aromatic rings. The average Bonchev–Trinajstić information content (AvgIpc) is 2.75. The second-order valence-corrected chi connectivity index (χ2v) is 4.28. The molecule has 0 aromatic heterocycles. The van der Waals surface area contributed by atoms with Gasteiger partial charge in [-0.2, -0.15) is 0 Å². The van der Waals surface area contributed by atoms with Crippen molar-refractivity contribution < 1.29 is 14.6 Å². The lowest BCUT2D eigenvalue weighted by Gasteiger charge is -2.13. The number of rotatable bonds is 3. The van der Waals surface area contributed by atoms with E-state index >= 15 is 0 Å². The van der Waals surface area contributed by atoms with Gasteiger partial charge >= 0.3 is 0 Å². The molecule has 0 saturated heterocycles. The standard InChI is InChI=1S/C13H18O3/c1-15-12-6-4-10(8-13(12)16-2)9-3-5-11(14)7-9/h4,6,8-9,11,14H,3,5,7H2,1-2H3. The van der Waals surface area contributed by atoms with E-state index in [4.69, 9.17) is 9.47 Å². The number of benzene rings is 1. The molecule has 2 unspecified atom stereocenters. The van der Waals surface area contributed by atoms with Gasteiger partial charge in [-0.05, 0) is 42.9 Å². The fraction of sp³-hybridized carbons (Fsp3) is 0.538. The Labute approximate surface area is 96.0 Å². The molecule has 2 atom stereocenters. The van der Waals surface area contributed by atoms with Gasteiger partial charge in [0.1, 0.15) is 0 Å². The van der Waals surface area contributed by atoms with Crippen molar-refractivity contribution in [3.8, 4) is 11.5 Å². The van der Waals surface area contributed by atoms with Crippen LogP contribution in [0.4, 0.5) is 0 Å². The van der Waals surface area contributed by atoms with Crippen LogP contribution in [-0.2, 0) is 0 Å². The number of ether oxygens (including phenoxy) is 2. The van der Waals surface area contributed by atoms with E-state index in [1.807, 2.05) is 12.1 Å². The number of aliphatic hydroxyl groups is 1. The predicted molar refractivity (Wildman–Crippen MR) is 62.1 cm³/mol. The molecule has 3 nitrogen and oxygen atoms in total. The van der Waals surface area contributed by atoms with E-state index in [1.165, 1.54) is 5.56 Å². The van der Waals surface area contributed by atoms with Crippen LogP contribution in [0, 0.1) is 0 Å². The van der Waals surface area contributed by atoms with Crippen molar-refractivity contribution in [3.63, 3.8) is 0 Å². The van der Waals surface area contributed by atoms with E-state index < -0.39 is 0 Å². The summed E-state index contributed by atoms with van der Waals surface area (Å²) < 4.78 is 10.5. The summed E-state index contributed by atoms with van der Waals surface area (Å²) in [6, 6.07) is 6.00. The van der Waals surface area contributed by atoms with Crippen molar-refractivity contribution in [1.29, 1.82) is 0 Å². The number of hydrogen-bond acceptors (Lipinski definition) is 3. The maximum absolute atomic E-state index is 9.53. The third-order valence-electron chi connectivity index (χ3n) is 3.28. The Hall–Kier alpha value is -1.22. The Morgan fingerprint density at radius 2 is 1.88 bits per heavy atom. The van der Waals surface area contributed by atoms with Crippen LogP contribution in [0.15, 0.2) is 18.2 Å². The number of aliphatic hydroxyl groups excluding tert-OH is 1. The van der Waals surface area contributed by atoms with Crippen LogP contribution in [0.5, 0.6) is 11.5 Å². The van der Waals surface area contributed by atoms with Crippen molar-refractivity contribution in [2.75, 3.05) is 14.2 Å². The van der Waals surface area contributed by atoms with Crippen molar-refractivity contribution in [3.05, 3.63) is 23.8 Å². The molecule has 16 heavy (non-hydrogen) atoms. The maximum atomic E-state index is 9.53. The van der Waals surface area contributed by atoms with Crippen LogP contribution in [0.2, 0.25) is 0 Å². The van der Waals surface area contributed by atoms with Crippen molar-refractivity contribution in [2.24, 2.45) is 0 Å². The lowest BCUT2D eigenvalue weighted by molar-refractivity contribution is 0.181. The van der Waals surface area contributed by atoms with Crippen molar-refractivity contribution in [2.45, 2.75) is 31.3 Å². The zero-order chi connectivity index (χ0) is 11.5. The van der Waals surface area contributed by atoms with Crippen LogP contribution in [0.3, 0.4) is 0 Å². The van der Waals surface area contributed by atoms with Crippen LogP contribution in [0.1, 0.15) is 30.7 Å². The van der Waals surface area contributed by atoms with Crippen LogP contribution in [-0.4, -0.2) is 25.4 Å². The lowest BCUT2D eigenvalue weighted by atomic mass is 9.97. The first kappa shape index (κ1) is 11.3. The average molecular weight is 222 g/mol. The summed E-state index contributed by atoms with van der Waals surface area (Å²) in [6.45, 7) is 0. The fourth-order valence-corrected chi connectivity index (χ4v) is 2.37. The minimum atomic E-state index is -0.141. The highest BCUT2D eigenvalue weighted by Crippen LogP contribution is 2.38. The lowest BCUT2D eigenvalue weighted by Crippen LogP contribution is -2.00. The van der Waals surface area contributed by atoms with Crippen LogP contribution >= 0.6 is 0 Å². The normalized spacial score (nSPS) is 24.4. The maximum Gasteiger partial charge on any atom is 0.160 e. The zero-order valence-corrected chi connectivity index (χ0v) is 9.77. The van der Waals surface area contributed by atoms with Gasteiger partial charge in [0.2, 0.25) is 0 Å². The summed E-state index contributed by atoms with van der Waals surface area (Å²) in [5.41, 5.74) is 1.23. The van der Waals surface area contributed by atoms with Gasteiger partial charge in [-0.25, -0.2) is 0 Å². The number of methoxy groups -OCH3 is 2. The Balaban J connectivity index is 2.22. The minimum Gasteiger partial charge on any atom is -0.493 e. The Bertz CT molecular complexity index is 362. The topological polar surface area (TPSA) is 38.7 Å². The highest BCUT2D eigenvalue weighted by molar-refractivity contribution is 5.44. The van der Waals surface area contributed by atoms with Crippen LogP contribution in [0.25, 0.3) is 0 Å². The molecule has 88 valence electrons. The summed E-state index contributed by atoms with van der Waals surface area (Å²) in [6.07, 6.45) is 2.67. The summed E-state index contributed by atoms with van der Waals surface area (Å²) in [7, 11) is 3.28. The second-order valence-electron chi connectivity index (χ2n) is 4.28. The molecule has 3 heteroatoms. The molecule has 1 aliphatic carbocycles. The molecule has 1 saturated carbocycles. The molecule has 0 bridgehead atoms. The Kier molecular flexibility index (Phi) is 3.34. The van der Waals surface area contributed by atoms with Gasteiger partial charge in [0.05, 0.1) is 20.3 Å². The first-order valence-corrected chi connectivity index (χ1v) is 5.64. The highest BCUT2D eigenvalue weighted by atomic mass is 16.5. The summed E-state index contributed by atoms with van der Waals surface area (Å²) in [5.74, 6) is 1.97. The molecule has 0 amide bonds. The van der Waals surface area contributed by atoms with E-state index in [2.05, 4.69) is 6.07 Å². The molecule has 0 spiro atoms. The molecule has 1 fully saturated rings. The largest absolute Gasteiger partial charge is 0.493 e. The highest BCUT2D eigenvalue weighted by Gasteiger charge is 2.24. The summed E-state index contributed by atoms with van der Waals surface area (Å²) in [5, 5.41) is 9.53. The van der Waals surface area contributed by atoms with Crippen molar-refractivity contribution in [1.82, 2.24) is 0 Å². The van der Waals surface area contributed by atoms with Gasteiger partial charge in [-0.15, -0.1) is 0 Å². The van der Waals surface area contributed by atoms with E-state index in [0.717, 1.165) is 30.8 Å². The summed E-state index contributed by atoms with van der Waals surface area (Å²) >= 11 is 0. The van der Waals surface area contributed by atoms with E-state index in [9.17, 15) is 5.11 Å². The monoisotopic (exact) mass is 222 g/mol. The third kappa shape index (κ3) is 2.14. The van der Waals surface area contributed by atoms with Gasteiger partial charge in [-0.3, -0.25) is 0 Å². The fourth-order valence-electron chi connectivity index (χ4n) is 2.37. The van der Waals surface area contributed by atoms with E-state index in [0.29, 0.717) is 5.92 Å². The molecule has 1 N–H and O–H groups in total. The molecule has 1 aromatic carbocycles.